The minimum absolute atomic E-state index is 0.0219. The maximum atomic E-state index is 10.6. The molecule has 4 heteroatoms. The number of rotatable bonds is 2. The second-order valence-electron chi connectivity index (χ2n) is 3.21. The molecule has 0 aliphatic rings. The zero-order valence-electron chi connectivity index (χ0n) is 7.77. The van der Waals surface area contributed by atoms with Gasteiger partial charge >= 0.3 is 5.97 Å². The van der Waals surface area contributed by atoms with Crippen LogP contribution in [-0.2, 0) is 11.2 Å². The molecule has 0 aliphatic heterocycles. The van der Waals surface area contributed by atoms with Gasteiger partial charge in [0.05, 0.1) is 17.0 Å². The minimum atomic E-state index is -0.862. The van der Waals surface area contributed by atoms with Gasteiger partial charge in [0.1, 0.15) is 0 Å². The highest BCUT2D eigenvalue weighted by Gasteiger charge is 2.06. The smallest absolute Gasteiger partial charge is 0.307 e. The number of carbonyl (C=O) groups is 1. The third-order valence-corrected chi connectivity index (χ3v) is 2.31. The van der Waals surface area contributed by atoms with Gasteiger partial charge in [-0.15, -0.1) is 0 Å². The van der Waals surface area contributed by atoms with Crippen LogP contribution < -0.4 is 0 Å². The Balaban J connectivity index is 2.60. The summed E-state index contributed by atoms with van der Waals surface area (Å²) in [6.45, 7) is 0. The summed E-state index contributed by atoms with van der Waals surface area (Å²) in [5.74, 6) is -0.862. The number of halogens is 1. The van der Waals surface area contributed by atoms with Gasteiger partial charge in [-0.25, -0.2) is 0 Å². The Labute approximate surface area is 91.3 Å². The first-order valence-corrected chi connectivity index (χ1v) is 4.79. The van der Waals surface area contributed by atoms with Crippen molar-refractivity contribution in [3.05, 3.63) is 41.0 Å². The molecule has 2 aromatic rings. The van der Waals surface area contributed by atoms with Crippen molar-refractivity contribution < 1.29 is 9.90 Å². The lowest BCUT2D eigenvalue weighted by molar-refractivity contribution is -0.136. The van der Waals surface area contributed by atoms with E-state index in [1.54, 1.807) is 18.2 Å². The molecule has 1 aromatic carbocycles. The molecule has 0 saturated carbocycles. The molecule has 0 amide bonds. The highest BCUT2D eigenvalue weighted by atomic mass is 35.5. The van der Waals surface area contributed by atoms with Gasteiger partial charge in [-0.05, 0) is 11.6 Å². The van der Waals surface area contributed by atoms with Gasteiger partial charge in [0.15, 0.2) is 0 Å². The maximum Gasteiger partial charge on any atom is 0.307 e. The number of pyridine rings is 1. The van der Waals surface area contributed by atoms with Crippen molar-refractivity contribution in [2.45, 2.75) is 6.42 Å². The fourth-order valence-corrected chi connectivity index (χ4v) is 1.67. The number of para-hydroxylation sites is 1. The molecule has 0 atom stereocenters. The van der Waals surface area contributed by atoms with Crippen molar-refractivity contribution in [2.75, 3.05) is 0 Å². The molecule has 15 heavy (non-hydrogen) atoms. The molecule has 0 spiro atoms. The molecule has 76 valence electrons. The average molecular weight is 222 g/mol. The van der Waals surface area contributed by atoms with Crippen LogP contribution >= 0.6 is 11.6 Å². The number of benzene rings is 1. The Morgan fingerprint density at radius 3 is 3.00 bits per heavy atom. The quantitative estimate of drug-likeness (QED) is 0.848. The Bertz CT molecular complexity index is 525. The second-order valence-corrected chi connectivity index (χ2v) is 3.65. The first-order valence-electron chi connectivity index (χ1n) is 4.42. The van der Waals surface area contributed by atoms with Gasteiger partial charge in [-0.1, -0.05) is 29.8 Å². The van der Waals surface area contributed by atoms with Crippen LogP contribution in [0.2, 0.25) is 5.02 Å². The van der Waals surface area contributed by atoms with Crippen molar-refractivity contribution in [1.29, 1.82) is 0 Å². The van der Waals surface area contributed by atoms with E-state index >= 15 is 0 Å². The number of aromatic nitrogens is 1. The number of hydrogen-bond acceptors (Lipinski definition) is 2. The fraction of sp³-hybridized carbons (Fsp3) is 0.0909. The molecule has 1 heterocycles. The Kier molecular flexibility index (Phi) is 2.56. The van der Waals surface area contributed by atoms with Gasteiger partial charge in [0.2, 0.25) is 0 Å². The fourth-order valence-electron chi connectivity index (χ4n) is 1.50. The summed E-state index contributed by atoms with van der Waals surface area (Å²) >= 11 is 5.80. The topological polar surface area (TPSA) is 50.2 Å². The van der Waals surface area contributed by atoms with Gasteiger partial charge in [0, 0.05) is 11.6 Å². The molecule has 0 saturated heterocycles. The van der Waals surface area contributed by atoms with E-state index in [2.05, 4.69) is 4.98 Å². The molecule has 2 rings (SSSR count). The van der Waals surface area contributed by atoms with Gasteiger partial charge in [0.25, 0.3) is 0 Å². The van der Waals surface area contributed by atoms with Gasteiger partial charge < -0.3 is 5.11 Å². The molecule has 0 radical (unpaired) electrons. The number of fused-ring (bicyclic) bond motifs is 1. The molecule has 1 aromatic heterocycles. The summed E-state index contributed by atoms with van der Waals surface area (Å²) in [7, 11) is 0. The first kappa shape index (κ1) is 9.93. The van der Waals surface area contributed by atoms with Crippen LogP contribution in [0.3, 0.4) is 0 Å². The summed E-state index contributed by atoms with van der Waals surface area (Å²) in [4.78, 5) is 14.8. The highest BCUT2D eigenvalue weighted by Crippen LogP contribution is 2.20. The zero-order valence-corrected chi connectivity index (χ0v) is 8.53. The van der Waals surface area contributed by atoms with Gasteiger partial charge in [-0.2, -0.15) is 0 Å². The zero-order chi connectivity index (χ0) is 10.8. The molecule has 0 unspecified atom stereocenters. The predicted molar refractivity (Wildman–Crippen MR) is 58.1 cm³/mol. The number of carboxylic acids is 1. The van der Waals surface area contributed by atoms with Crippen molar-refractivity contribution in [3.63, 3.8) is 0 Å². The van der Waals surface area contributed by atoms with Crippen LogP contribution in [0.1, 0.15) is 5.56 Å². The Morgan fingerprint density at radius 2 is 2.27 bits per heavy atom. The Morgan fingerprint density at radius 1 is 1.47 bits per heavy atom. The van der Waals surface area contributed by atoms with E-state index in [4.69, 9.17) is 16.7 Å². The molecular formula is C11H8ClNO2. The third-order valence-electron chi connectivity index (χ3n) is 2.10. The van der Waals surface area contributed by atoms with E-state index in [-0.39, 0.29) is 6.42 Å². The van der Waals surface area contributed by atoms with E-state index in [0.29, 0.717) is 16.1 Å². The minimum Gasteiger partial charge on any atom is -0.481 e. The normalized spacial score (nSPS) is 10.5. The van der Waals surface area contributed by atoms with Crippen LogP contribution in [0.25, 0.3) is 10.9 Å². The molecule has 1 N–H and O–H groups in total. The first-order chi connectivity index (χ1) is 7.16. The molecule has 3 nitrogen and oxygen atoms in total. The van der Waals surface area contributed by atoms with E-state index in [0.717, 1.165) is 5.39 Å². The summed E-state index contributed by atoms with van der Waals surface area (Å²) in [6.07, 6.45) is 1.50. The van der Waals surface area contributed by atoms with Crippen molar-refractivity contribution in [2.24, 2.45) is 0 Å². The lowest BCUT2D eigenvalue weighted by Gasteiger charge is -2.03. The number of nitrogens with zero attached hydrogens (tertiary/aromatic N) is 1. The summed E-state index contributed by atoms with van der Waals surface area (Å²) < 4.78 is 0. The van der Waals surface area contributed by atoms with Gasteiger partial charge in [-0.3, -0.25) is 9.78 Å². The molecule has 0 fully saturated rings. The average Bonchev–Trinajstić information content (AvgIpc) is 2.16. The van der Waals surface area contributed by atoms with Crippen LogP contribution in [0.4, 0.5) is 0 Å². The summed E-state index contributed by atoms with van der Waals surface area (Å²) in [5, 5.41) is 10.1. The van der Waals surface area contributed by atoms with Crippen LogP contribution in [0, 0.1) is 0 Å². The standard InChI is InChI=1S/C11H8ClNO2/c12-9-4-7-2-1-3-8(5-10(14)15)11(7)13-6-9/h1-4,6H,5H2,(H,14,15). The molecular weight excluding hydrogens is 214 g/mol. The van der Waals surface area contributed by atoms with Crippen LogP contribution in [0.15, 0.2) is 30.5 Å². The van der Waals surface area contributed by atoms with Crippen molar-refractivity contribution in [1.82, 2.24) is 4.98 Å². The van der Waals surface area contributed by atoms with E-state index in [9.17, 15) is 4.79 Å². The summed E-state index contributed by atoms with van der Waals surface area (Å²) in [5.41, 5.74) is 1.40. The van der Waals surface area contributed by atoms with Crippen molar-refractivity contribution in [3.8, 4) is 0 Å². The van der Waals surface area contributed by atoms with E-state index in [1.807, 2.05) is 6.07 Å². The molecule has 0 bridgehead atoms. The largest absolute Gasteiger partial charge is 0.481 e. The number of hydrogen-bond donors (Lipinski definition) is 1. The number of aliphatic carboxylic acids is 1. The molecule has 0 aliphatic carbocycles. The second kappa shape index (κ2) is 3.87. The van der Waals surface area contributed by atoms with Crippen LogP contribution in [-0.4, -0.2) is 16.1 Å². The number of carboxylic acid groups (broad SMARTS) is 1. The van der Waals surface area contributed by atoms with E-state index < -0.39 is 5.97 Å². The predicted octanol–water partition coefficient (Wildman–Crippen LogP) is 2.52. The van der Waals surface area contributed by atoms with Crippen LogP contribution in [0.5, 0.6) is 0 Å². The maximum absolute atomic E-state index is 10.6. The lowest BCUT2D eigenvalue weighted by atomic mass is 10.1. The summed E-state index contributed by atoms with van der Waals surface area (Å²) in [6, 6.07) is 7.20. The lowest BCUT2D eigenvalue weighted by Crippen LogP contribution is -2.01. The Hall–Kier alpha value is -1.61. The van der Waals surface area contributed by atoms with E-state index in [1.165, 1.54) is 6.20 Å². The highest BCUT2D eigenvalue weighted by molar-refractivity contribution is 6.31. The third kappa shape index (κ3) is 2.07. The monoisotopic (exact) mass is 221 g/mol. The SMILES string of the molecule is O=C(O)Cc1cccc2cc(Cl)cnc12. The van der Waals surface area contributed by atoms with Crippen molar-refractivity contribution >= 4 is 28.5 Å².